The average Bonchev–Trinajstić information content (AvgIpc) is 2.55. The van der Waals surface area contributed by atoms with E-state index in [0.29, 0.717) is 10.5 Å². The molecule has 6 heteroatoms. The van der Waals surface area contributed by atoms with Crippen molar-refractivity contribution in [1.82, 2.24) is 9.38 Å². The lowest BCUT2D eigenvalue weighted by molar-refractivity contribution is 0.631. The first-order valence-corrected chi connectivity index (χ1v) is 5.35. The number of halogens is 3. The molecule has 0 bridgehead atoms. The summed E-state index contributed by atoms with van der Waals surface area (Å²) >= 11 is 5.61. The predicted octanol–water partition coefficient (Wildman–Crippen LogP) is 3.37. The van der Waals surface area contributed by atoms with Crippen molar-refractivity contribution in [2.45, 2.75) is 5.03 Å². The summed E-state index contributed by atoms with van der Waals surface area (Å²) in [5, 5.41) is 0.488. The smallest absolute Gasteiger partial charge is 0.168 e. The molecule has 2 nitrogen and oxygen atoms in total. The molecular formula is C7H3Cl2FN2S. The lowest BCUT2D eigenvalue weighted by Gasteiger charge is -1.98. The quantitative estimate of drug-likeness (QED) is 0.756. The highest BCUT2D eigenvalue weighted by atomic mass is 35.7. The molecule has 0 aliphatic rings. The maximum Gasteiger partial charge on any atom is 0.168 e. The van der Waals surface area contributed by atoms with Gasteiger partial charge >= 0.3 is 0 Å². The molecule has 2 heterocycles. The van der Waals surface area contributed by atoms with Crippen LogP contribution in [0.2, 0.25) is 5.02 Å². The van der Waals surface area contributed by atoms with Crippen molar-refractivity contribution in [3.05, 3.63) is 29.4 Å². The molecule has 13 heavy (non-hydrogen) atoms. The van der Waals surface area contributed by atoms with Crippen molar-refractivity contribution in [2.75, 3.05) is 0 Å². The molecule has 0 saturated heterocycles. The Morgan fingerprint density at radius 1 is 1.54 bits per heavy atom. The molecule has 0 amide bonds. The lowest BCUT2D eigenvalue weighted by atomic mass is 10.4. The molecule has 0 aliphatic carbocycles. The van der Waals surface area contributed by atoms with E-state index in [0.717, 1.165) is 11.0 Å². The van der Waals surface area contributed by atoms with Gasteiger partial charge in [-0.25, -0.2) is 9.37 Å². The first-order valence-electron chi connectivity index (χ1n) is 3.33. The summed E-state index contributed by atoms with van der Waals surface area (Å²) in [7, 11) is 6.37. The first kappa shape index (κ1) is 9.12. The van der Waals surface area contributed by atoms with Gasteiger partial charge in [0.15, 0.2) is 5.82 Å². The molecule has 68 valence electrons. The number of aromatic nitrogens is 2. The molecule has 2 rings (SSSR count). The van der Waals surface area contributed by atoms with Gasteiger partial charge in [-0.3, -0.25) is 0 Å². The van der Waals surface area contributed by atoms with E-state index in [4.69, 9.17) is 22.3 Å². The molecule has 2 aromatic heterocycles. The Morgan fingerprint density at radius 2 is 2.31 bits per heavy atom. The number of rotatable bonds is 1. The van der Waals surface area contributed by atoms with Crippen LogP contribution in [0.3, 0.4) is 0 Å². The zero-order chi connectivity index (χ0) is 9.42. The topological polar surface area (TPSA) is 17.3 Å². The SMILES string of the molecule is Fc1c(Cl)ccn2cnc(SCl)c12. The number of nitrogens with zero attached hydrogens (tertiary/aromatic N) is 2. The monoisotopic (exact) mass is 236 g/mol. The van der Waals surface area contributed by atoms with E-state index >= 15 is 0 Å². The number of hydrogen-bond acceptors (Lipinski definition) is 2. The molecule has 0 spiro atoms. The fourth-order valence-electron chi connectivity index (χ4n) is 1.05. The fraction of sp³-hybridized carbons (Fsp3) is 0. The van der Waals surface area contributed by atoms with Gasteiger partial charge in [-0.15, -0.1) is 0 Å². The zero-order valence-corrected chi connectivity index (χ0v) is 8.50. The number of fused-ring (bicyclic) bond motifs is 1. The highest BCUT2D eigenvalue weighted by molar-refractivity contribution is 8.21. The molecule has 0 saturated carbocycles. The predicted molar refractivity (Wildman–Crippen MR) is 51.9 cm³/mol. The molecule has 0 aliphatic heterocycles. The molecule has 0 radical (unpaired) electrons. The Labute approximate surface area is 87.2 Å². The van der Waals surface area contributed by atoms with Gasteiger partial charge in [-0.05, 0) is 16.7 Å². The summed E-state index contributed by atoms with van der Waals surface area (Å²) in [5.74, 6) is -0.496. The standard InChI is InChI=1S/C7H3Cl2FN2S/c8-4-1-2-12-3-11-7(13-9)6(12)5(4)10/h1-3H. The largest absolute Gasteiger partial charge is 0.303 e. The van der Waals surface area contributed by atoms with Gasteiger partial charge in [0.1, 0.15) is 16.9 Å². The average molecular weight is 237 g/mol. The van der Waals surface area contributed by atoms with E-state index in [1.54, 1.807) is 6.20 Å². The summed E-state index contributed by atoms with van der Waals surface area (Å²) in [5.41, 5.74) is 0.313. The third-order valence-electron chi connectivity index (χ3n) is 1.63. The van der Waals surface area contributed by atoms with Crippen LogP contribution < -0.4 is 0 Å². The van der Waals surface area contributed by atoms with Crippen LogP contribution in [0.15, 0.2) is 23.6 Å². The van der Waals surface area contributed by atoms with E-state index in [-0.39, 0.29) is 5.02 Å². The summed E-state index contributed by atoms with van der Waals surface area (Å²) in [6.07, 6.45) is 3.11. The first-order chi connectivity index (χ1) is 6.24. The van der Waals surface area contributed by atoms with Crippen LogP contribution >= 0.6 is 33.3 Å². The van der Waals surface area contributed by atoms with Crippen LogP contribution in [0, 0.1) is 5.82 Å². The van der Waals surface area contributed by atoms with Crippen LogP contribution in [0.25, 0.3) is 5.52 Å². The van der Waals surface area contributed by atoms with Crippen LogP contribution in [0.1, 0.15) is 0 Å². The van der Waals surface area contributed by atoms with Gasteiger partial charge in [-0.1, -0.05) is 11.6 Å². The van der Waals surface area contributed by atoms with Gasteiger partial charge < -0.3 is 4.40 Å². The maximum atomic E-state index is 13.4. The molecule has 2 aromatic rings. The minimum Gasteiger partial charge on any atom is -0.303 e. The third kappa shape index (κ3) is 1.39. The number of imidazole rings is 1. The maximum absolute atomic E-state index is 13.4. The van der Waals surface area contributed by atoms with Crippen molar-refractivity contribution in [3.63, 3.8) is 0 Å². The Morgan fingerprint density at radius 3 is 3.00 bits per heavy atom. The molecule has 0 unspecified atom stereocenters. The van der Waals surface area contributed by atoms with E-state index < -0.39 is 5.82 Å². The van der Waals surface area contributed by atoms with Crippen LogP contribution in [0.4, 0.5) is 4.39 Å². The molecule has 0 atom stereocenters. The summed E-state index contributed by atoms with van der Waals surface area (Å²) < 4.78 is 14.9. The van der Waals surface area contributed by atoms with Gasteiger partial charge in [0.25, 0.3) is 0 Å². The third-order valence-corrected chi connectivity index (χ3v) is 2.81. The van der Waals surface area contributed by atoms with E-state index in [2.05, 4.69) is 4.98 Å². The van der Waals surface area contributed by atoms with Crippen molar-refractivity contribution >= 4 is 38.8 Å². The Bertz CT molecular complexity index is 457. The van der Waals surface area contributed by atoms with Crippen molar-refractivity contribution in [1.29, 1.82) is 0 Å². The van der Waals surface area contributed by atoms with Crippen LogP contribution in [-0.4, -0.2) is 9.38 Å². The Balaban J connectivity index is 2.85. The van der Waals surface area contributed by atoms with Gasteiger partial charge in [0, 0.05) is 17.2 Å². The van der Waals surface area contributed by atoms with Crippen LogP contribution in [0.5, 0.6) is 0 Å². The second-order valence-electron chi connectivity index (χ2n) is 2.36. The van der Waals surface area contributed by atoms with Gasteiger partial charge in [0.2, 0.25) is 0 Å². The molecule has 0 N–H and O–H groups in total. The van der Waals surface area contributed by atoms with Crippen molar-refractivity contribution in [2.24, 2.45) is 0 Å². The van der Waals surface area contributed by atoms with Gasteiger partial charge in [0.05, 0.1) is 5.02 Å². The van der Waals surface area contributed by atoms with E-state index in [1.807, 2.05) is 0 Å². The summed E-state index contributed by atoms with van der Waals surface area (Å²) in [6, 6.07) is 1.47. The Kier molecular flexibility index (Phi) is 2.36. The second kappa shape index (κ2) is 3.36. The fourth-order valence-corrected chi connectivity index (χ4v) is 1.89. The number of hydrogen-bond donors (Lipinski definition) is 0. The lowest BCUT2D eigenvalue weighted by Crippen LogP contribution is -1.87. The van der Waals surface area contributed by atoms with E-state index in [1.165, 1.54) is 16.8 Å². The number of pyridine rings is 1. The van der Waals surface area contributed by atoms with Crippen molar-refractivity contribution < 1.29 is 4.39 Å². The highest BCUT2D eigenvalue weighted by Gasteiger charge is 2.11. The van der Waals surface area contributed by atoms with Crippen molar-refractivity contribution in [3.8, 4) is 0 Å². The van der Waals surface area contributed by atoms with Crippen LogP contribution in [-0.2, 0) is 0 Å². The molecule has 0 aromatic carbocycles. The minimum atomic E-state index is -0.496. The highest BCUT2D eigenvalue weighted by Crippen LogP contribution is 2.29. The zero-order valence-electron chi connectivity index (χ0n) is 6.17. The summed E-state index contributed by atoms with van der Waals surface area (Å²) in [4.78, 5) is 3.91. The minimum absolute atomic E-state index is 0.0694. The molecular weight excluding hydrogens is 234 g/mol. The second-order valence-corrected chi connectivity index (χ2v) is 3.77. The van der Waals surface area contributed by atoms with Gasteiger partial charge in [-0.2, -0.15) is 0 Å². The summed E-state index contributed by atoms with van der Waals surface area (Å²) in [6.45, 7) is 0. The Hall–Kier alpha value is -0.450. The molecule has 0 fully saturated rings. The van der Waals surface area contributed by atoms with E-state index in [9.17, 15) is 4.39 Å². The normalized spacial score (nSPS) is 11.0.